The topological polar surface area (TPSA) is 49.8 Å². The number of allylic oxidation sites excluding steroid dienone is 3. The zero-order chi connectivity index (χ0) is 14.4. The highest BCUT2D eigenvalue weighted by Gasteiger charge is 2.52. The van der Waals surface area contributed by atoms with Crippen LogP contribution in [0.25, 0.3) is 0 Å². The Bertz CT molecular complexity index is 580. The summed E-state index contributed by atoms with van der Waals surface area (Å²) in [6.07, 6.45) is 14.1. The molecule has 0 aromatic carbocycles. The summed E-state index contributed by atoms with van der Waals surface area (Å²) >= 11 is 0. The largest absolute Gasteiger partial charge is 0.491 e. The molecule has 0 amide bonds. The number of hydrogen-bond acceptors (Lipinski definition) is 3. The Kier molecular flexibility index (Phi) is 3.98. The van der Waals surface area contributed by atoms with Gasteiger partial charge in [0.2, 0.25) is 0 Å². The van der Waals surface area contributed by atoms with Crippen molar-refractivity contribution in [1.82, 2.24) is 4.90 Å². The molecule has 1 aliphatic carbocycles. The van der Waals surface area contributed by atoms with Gasteiger partial charge in [-0.1, -0.05) is 12.5 Å². The van der Waals surface area contributed by atoms with Crippen LogP contribution >= 0.6 is 12.4 Å². The number of halogens is 1. The van der Waals surface area contributed by atoms with E-state index < -0.39 is 5.97 Å². The van der Waals surface area contributed by atoms with Crippen LogP contribution in [-0.2, 0) is 9.53 Å². The lowest BCUT2D eigenvalue weighted by molar-refractivity contribution is -0.139. The van der Waals surface area contributed by atoms with Crippen molar-refractivity contribution in [3.63, 3.8) is 0 Å². The van der Waals surface area contributed by atoms with E-state index in [0.29, 0.717) is 0 Å². The molecule has 1 saturated carbocycles. The molecule has 4 aliphatic rings. The third-order valence-electron chi connectivity index (χ3n) is 5.29. The molecule has 2 unspecified atom stereocenters. The predicted octanol–water partition coefficient (Wildman–Crippen LogP) is 3.95. The van der Waals surface area contributed by atoms with E-state index in [1.54, 1.807) is 0 Å². The second-order valence-corrected chi connectivity index (χ2v) is 6.59. The molecular weight excluding hydrogens is 302 g/mol. The van der Waals surface area contributed by atoms with E-state index in [1.165, 1.54) is 24.1 Å². The number of rotatable bonds is 2. The standard InChI is InChI=1S/C17H21NO3.ClH/c19-15(20)9-13-10-17-7-3-1-5-12(17)11-18-8-4-2-6-14(18)16(17)21-13;/h4,8,11,13H,1-3,5-7,9-10H2,(H,19,20);1H. The molecule has 3 heterocycles. The monoisotopic (exact) mass is 323 g/mol. The third kappa shape index (κ3) is 2.24. The first-order chi connectivity index (χ1) is 10.2. The molecule has 22 heavy (non-hydrogen) atoms. The first-order valence-electron chi connectivity index (χ1n) is 7.97. The van der Waals surface area contributed by atoms with Gasteiger partial charge in [0.25, 0.3) is 0 Å². The first-order valence-corrected chi connectivity index (χ1v) is 7.97. The highest BCUT2D eigenvalue weighted by Crippen LogP contribution is 2.59. The van der Waals surface area contributed by atoms with Crippen molar-refractivity contribution in [2.24, 2.45) is 5.41 Å². The van der Waals surface area contributed by atoms with Gasteiger partial charge >= 0.3 is 5.97 Å². The molecule has 4 nitrogen and oxygen atoms in total. The summed E-state index contributed by atoms with van der Waals surface area (Å²) in [5, 5.41) is 9.10. The summed E-state index contributed by atoms with van der Waals surface area (Å²) in [6, 6.07) is 0. The fourth-order valence-corrected chi connectivity index (χ4v) is 4.42. The highest BCUT2D eigenvalue weighted by atomic mass is 35.5. The second-order valence-electron chi connectivity index (χ2n) is 6.59. The summed E-state index contributed by atoms with van der Waals surface area (Å²) in [5.41, 5.74) is 2.72. The van der Waals surface area contributed by atoms with Crippen LogP contribution < -0.4 is 0 Å². The molecule has 1 spiro atoms. The molecular formula is C17H22ClNO3. The molecule has 2 fully saturated rings. The quantitative estimate of drug-likeness (QED) is 0.836. The Morgan fingerprint density at radius 3 is 3.09 bits per heavy atom. The SMILES string of the molecule is Cl.O=C(O)CC1CC23CCCCC2=CN2C=CCCC2=C3O1. The van der Waals surface area contributed by atoms with Crippen LogP contribution in [0.5, 0.6) is 0 Å². The number of carbonyl (C=O) groups is 1. The van der Waals surface area contributed by atoms with Gasteiger partial charge in [-0.2, -0.15) is 0 Å². The lowest BCUT2D eigenvalue weighted by Crippen LogP contribution is -2.34. The zero-order valence-electron chi connectivity index (χ0n) is 12.6. The van der Waals surface area contributed by atoms with E-state index in [9.17, 15) is 4.79 Å². The molecule has 0 bridgehead atoms. The molecule has 0 aromatic heterocycles. The van der Waals surface area contributed by atoms with E-state index >= 15 is 0 Å². The highest BCUT2D eigenvalue weighted by molar-refractivity contribution is 5.85. The minimum Gasteiger partial charge on any atom is -0.491 e. The van der Waals surface area contributed by atoms with Crippen LogP contribution in [0.1, 0.15) is 51.4 Å². The van der Waals surface area contributed by atoms with E-state index in [0.717, 1.165) is 37.9 Å². The summed E-state index contributed by atoms with van der Waals surface area (Å²) in [4.78, 5) is 13.3. The van der Waals surface area contributed by atoms with Crippen LogP contribution in [0, 0.1) is 5.41 Å². The Hall–Kier alpha value is -1.42. The van der Waals surface area contributed by atoms with Crippen molar-refractivity contribution < 1.29 is 14.6 Å². The lowest BCUT2D eigenvalue weighted by Gasteiger charge is -2.43. The Morgan fingerprint density at radius 1 is 1.41 bits per heavy atom. The maximum Gasteiger partial charge on any atom is 0.307 e. The molecule has 1 N–H and O–H groups in total. The van der Waals surface area contributed by atoms with Gasteiger partial charge in [0.05, 0.1) is 17.5 Å². The zero-order valence-corrected chi connectivity index (χ0v) is 13.4. The molecule has 120 valence electrons. The molecule has 3 aliphatic heterocycles. The summed E-state index contributed by atoms with van der Waals surface area (Å²) < 4.78 is 6.19. The Labute approximate surface area is 136 Å². The lowest BCUT2D eigenvalue weighted by atomic mass is 9.65. The number of aliphatic carboxylic acids is 1. The molecule has 4 rings (SSSR count). The number of ether oxygens (including phenoxy) is 1. The third-order valence-corrected chi connectivity index (χ3v) is 5.29. The molecule has 0 radical (unpaired) electrons. The summed E-state index contributed by atoms with van der Waals surface area (Å²) in [6.45, 7) is 0. The second kappa shape index (κ2) is 5.65. The van der Waals surface area contributed by atoms with Crippen molar-refractivity contribution in [1.29, 1.82) is 0 Å². The average Bonchev–Trinajstić information content (AvgIpc) is 2.82. The van der Waals surface area contributed by atoms with Crippen LogP contribution in [0.15, 0.2) is 35.5 Å². The molecule has 5 heteroatoms. The van der Waals surface area contributed by atoms with Gasteiger partial charge in [0, 0.05) is 18.8 Å². The Morgan fingerprint density at radius 2 is 2.27 bits per heavy atom. The van der Waals surface area contributed by atoms with Gasteiger partial charge in [-0.25, -0.2) is 0 Å². The van der Waals surface area contributed by atoms with E-state index in [4.69, 9.17) is 9.84 Å². The van der Waals surface area contributed by atoms with Gasteiger partial charge in [0.15, 0.2) is 0 Å². The maximum absolute atomic E-state index is 11.1. The normalized spacial score (nSPS) is 32.3. The van der Waals surface area contributed by atoms with Crippen LogP contribution in [0.3, 0.4) is 0 Å². The minimum atomic E-state index is -0.762. The van der Waals surface area contributed by atoms with Crippen molar-refractivity contribution in [3.05, 3.63) is 35.5 Å². The summed E-state index contributed by atoms with van der Waals surface area (Å²) in [7, 11) is 0. The van der Waals surface area contributed by atoms with E-state index in [2.05, 4.69) is 23.4 Å². The van der Waals surface area contributed by atoms with E-state index in [1.807, 2.05) is 0 Å². The average molecular weight is 324 g/mol. The van der Waals surface area contributed by atoms with Crippen LogP contribution in [0.2, 0.25) is 0 Å². The van der Waals surface area contributed by atoms with Crippen LogP contribution in [0.4, 0.5) is 0 Å². The molecule has 1 saturated heterocycles. The van der Waals surface area contributed by atoms with Gasteiger partial charge in [0.1, 0.15) is 11.9 Å². The number of fused-ring (bicyclic) bond motifs is 1. The summed E-state index contributed by atoms with van der Waals surface area (Å²) in [5.74, 6) is 0.331. The fourth-order valence-electron chi connectivity index (χ4n) is 4.42. The minimum absolute atomic E-state index is 0. The van der Waals surface area contributed by atoms with Crippen molar-refractivity contribution in [2.75, 3.05) is 0 Å². The first kappa shape index (κ1) is 15.5. The van der Waals surface area contributed by atoms with Gasteiger partial charge in [-0.05, 0) is 37.7 Å². The fraction of sp³-hybridized carbons (Fsp3) is 0.588. The van der Waals surface area contributed by atoms with Gasteiger partial charge in [-0.15, -0.1) is 12.4 Å². The van der Waals surface area contributed by atoms with Crippen LogP contribution in [-0.4, -0.2) is 22.1 Å². The number of carboxylic acid groups (broad SMARTS) is 1. The maximum atomic E-state index is 11.1. The van der Waals surface area contributed by atoms with Gasteiger partial charge < -0.3 is 14.7 Å². The Balaban J connectivity index is 0.00000144. The predicted molar refractivity (Wildman–Crippen MR) is 85.2 cm³/mol. The molecule has 0 aromatic rings. The smallest absolute Gasteiger partial charge is 0.307 e. The van der Waals surface area contributed by atoms with E-state index in [-0.39, 0.29) is 30.3 Å². The van der Waals surface area contributed by atoms with Gasteiger partial charge in [-0.3, -0.25) is 4.79 Å². The molecule has 2 atom stereocenters. The number of nitrogens with zero attached hydrogens (tertiary/aromatic N) is 1. The van der Waals surface area contributed by atoms with Crippen molar-refractivity contribution in [2.45, 2.75) is 57.5 Å². The number of carboxylic acids is 1. The van der Waals surface area contributed by atoms with Crippen molar-refractivity contribution >= 4 is 18.4 Å². The van der Waals surface area contributed by atoms with Crippen molar-refractivity contribution in [3.8, 4) is 0 Å². The number of hydrogen-bond donors (Lipinski definition) is 1.